The van der Waals surface area contributed by atoms with E-state index in [9.17, 15) is 9.59 Å². The van der Waals surface area contributed by atoms with E-state index in [0.717, 1.165) is 32.5 Å². The fourth-order valence-electron chi connectivity index (χ4n) is 2.52. The first-order chi connectivity index (χ1) is 9.60. The molecule has 0 bridgehead atoms. The average Bonchev–Trinajstić information content (AvgIpc) is 2.40. The van der Waals surface area contributed by atoms with Crippen LogP contribution < -0.4 is 5.32 Å². The molecule has 1 saturated heterocycles. The van der Waals surface area contributed by atoms with Crippen molar-refractivity contribution >= 4 is 12.0 Å². The topological polar surface area (TPSA) is 61.9 Å². The summed E-state index contributed by atoms with van der Waals surface area (Å²) in [5.41, 5.74) is 0. The van der Waals surface area contributed by atoms with Crippen molar-refractivity contribution < 1.29 is 14.3 Å². The first kappa shape index (κ1) is 16.8. The zero-order chi connectivity index (χ0) is 15.0. The number of rotatable bonds is 6. The fourth-order valence-corrected chi connectivity index (χ4v) is 2.52. The molecule has 0 aromatic carbocycles. The number of hydrogen-bond donors (Lipinski definition) is 1. The summed E-state index contributed by atoms with van der Waals surface area (Å²) in [6, 6.07) is 0.0762. The fraction of sp³-hybridized carbons (Fsp3) is 0.857. The van der Waals surface area contributed by atoms with Gasteiger partial charge in [-0.25, -0.2) is 4.79 Å². The van der Waals surface area contributed by atoms with Crippen LogP contribution in [-0.4, -0.2) is 67.2 Å². The minimum atomic E-state index is -0.366. The normalized spacial score (nSPS) is 19.4. The Kier molecular flexibility index (Phi) is 7.36. The third-order valence-electron chi connectivity index (χ3n) is 3.58. The maximum absolute atomic E-state index is 12.1. The van der Waals surface area contributed by atoms with E-state index in [1.807, 2.05) is 18.7 Å². The van der Waals surface area contributed by atoms with Gasteiger partial charge in [0.25, 0.3) is 0 Å². The number of nitrogens with zero attached hydrogens (tertiary/aromatic N) is 2. The van der Waals surface area contributed by atoms with Crippen LogP contribution in [0.2, 0.25) is 0 Å². The number of alkyl carbamates (subject to hydrolysis) is 1. The van der Waals surface area contributed by atoms with Gasteiger partial charge in [-0.05, 0) is 40.2 Å². The van der Waals surface area contributed by atoms with Crippen molar-refractivity contribution in [3.8, 4) is 0 Å². The molecule has 0 aromatic heterocycles. The summed E-state index contributed by atoms with van der Waals surface area (Å²) < 4.78 is 4.89. The van der Waals surface area contributed by atoms with E-state index in [1.54, 1.807) is 6.92 Å². The van der Waals surface area contributed by atoms with Gasteiger partial charge < -0.3 is 15.0 Å². The molecule has 6 nitrogen and oxygen atoms in total. The predicted molar refractivity (Wildman–Crippen MR) is 77.5 cm³/mol. The van der Waals surface area contributed by atoms with Crippen molar-refractivity contribution in [2.24, 2.45) is 0 Å². The van der Waals surface area contributed by atoms with Crippen molar-refractivity contribution in [3.63, 3.8) is 0 Å². The molecule has 1 aliphatic rings. The van der Waals surface area contributed by atoms with Gasteiger partial charge in [-0.2, -0.15) is 0 Å². The molecule has 116 valence electrons. The lowest BCUT2D eigenvalue weighted by Gasteiger charge is -2.33. The van der Waals surface area contributed by atoms with Gasteiger partial charge in [0.2, 0.25) is 5.91 Å². The number of carbonyl (C=O) groups is 2. The van der Waals surface area contributed by atoms with Crippen LogP contribution in [0.25, 0.3) is 0 Å². The Bertz CT molecular complexity index is 319. The van der Waals surface area contributed by atoms with Gasteiger partial charge in [0.05, 0.1) is 13.2 Å². The number of piperidine rings is 1. The molecular formula is C14H27N3O3. The Labute approximate surface area is 121 Å². The highest BCUT2D eigenvalue weighted by molar-refractivity contribution is 5.78. The Balaban J connectivity index is 2.40. The minimum absolute atomic E-state index is 0.0762. The van der Waals surface area contributed by atoms with Gasteiger partial charge in [0, 0.05) is 25.7 Å². The number of amides is 2. The first-order valence-corrected chi connectivity index (χ1v) is 7.54. The molecule has 6 heteroatoms. The summed E-state index contributed by atoms with van der Waals surface area (Å²) in [6.45, 7) is 9.69. The number of hydrogen-bond acceptors (Lipinski definition) is 4. The smallest absolute Gasteiger partial charge is 0.407 e. The molecule has 1 atom stereocenters. The zero-order valence-electron chi connectivity index (χ0n) is 12.9. The van der Waals surface area contributed by atoms with Crippen LogP contribution in [0.1, 0.15) is 33.6 Å². The highest BCUT2D eigenvalue weighted by Crippen LogP contribution is 2.10. The summed E-state index contributed by atoms with van der Waals surface area (Å²) in [6.07, 6.45) is 1.56. The summed E-state index contributed by atoms with van der Waals surface area (Å²) in [5.74, 6) is 0.159. The summed E-state index contributed by atoms with van der Waals surface area (Å²) in [5, 5.41) is 2.85. The summed E-state index contributed by atoms with van der Waals surface area (Å²) >= 11 is 0. The van der Waals surface area contributed by atoms with Gasteiger partial charge in [-0.3, -0.25) is 9.69 Å². The van der Waals surface area contributed by atoms with E-state index in [2.05, 4.69) is 10.2 Å². The lowest BCUT2D eigenvalue weighted by atomic mass is 10.1. The molecule has 1 N–H and O–H groups in total. The monoisotopic (exact) mass is 285 g/mol. The third-order valence-corrected chi connectivity index (χ3v) is 3.58. The largest absolute Gasteiger partial charge is 0.450 e. The Morgan fingerprint density at radius 1 is 1.30 bits per heavy atom. The van der Waals surface area contributed by atoms with Gasteiger partial charge in [-0.15, -0.1) is 0 Å². The van der Waals surface area contributed by atoms with Crippen LogP contribution in [0, 0.1) is 0 Å². The standard InChI is InChI=1S/C14H27N3O3/c1-4-17(5-2)13(18)11-16-9-7-8-12(10-16)15-14(19)20-6-3/h12H,4-11H2,1-3H3,(H,15,19). The molecular weight excluding hydrogens is 258 g/mol. The van der Waals surface area contributed by atoms with E-state index in [0.29, 0.717) is 19.7 Å². The summed E-state index contributed by atoms with van der Waals surface area (Å²) in [4.78, 5) is 27.4. The molecule has 20 heavy (non-hydrogen) atoms. The van der Waals surface area contributed by atoms with Crippen molar-refractivity contribution in [1.29, 1.82) is 0 Å². The second-order valence-corrected chi connectivity index (χ2v) is 5.01. The number of likely N-dealkylation sites (N-methyl/N-ethyl adjacent to an activating group) is 1. The Morgan fingerprint density at radius 2 is 2.00 bits per heavy atom. The molecule has 1 rings (SSSR count). The number of carbonyl (C=O) groups excluding carboxylic acids is 2. The highest BCUT2D eigenvalue weighted by atomic mass is 16.5. The van der Waals surface area contributed by atoms with E-state index in [4.69, 9.17) is 4.74 Å². The lowest BCUT2D eigenvalue weighted by Crippen LogP contribution is -2.50. The Hall–Kier alpha value is -1.30. The molecule has 0 saturated carbocycles. The van der Waals surface area contributed by atoms with E-state index >= 15 is 0 Å². The molecule has 1 heterocycles. The maximum atomic E-state index is 12.1. The van der Waals surface area contributed by atoms with Crippen molar-refractivity contribution in [2.75, 3.05) is 39.3 Å². The van der Waals surface area contributed by atoms with Gasteiger partial charge in [0.1, 0.15) is 0 Å². The van der Waals surface area contributed by atoms with Crippen LogP contribution in [0.4, 0.5) is 4.79 Å². The number of likely N-dealkylation sites (tertiary alicyclic amines) is 1. The van der Waals surface area contributed by atoms with Gasteiger partial charge in [0.15, 0.2) is 0 Å². The second-order valence-electron chi connectivity index (χ2n) is 5.01. The van der Waals surface area contributed by atoms with E-state index < -0.39 is 0 Å². The molecule has 0 spiro atoms. The maximum Gasteiger partial charge on any atom is 0.407 e. The number of nitrogens with one attached hydrogen (secondary N) is 1. The van der Waals surface area contributed by atoms with Crippen LogP contribution in [0.15, 0.2) is 0 Å². The van der Waals surface area contributed by atoms with Crippen LogP contribution >= 0.6 is 0 Å². The summed E-state index contributed by atoms with van der Waals surface area (Å²) in [7, 11) is 0. The SMILES string of the molecule is CCOC(=O)NC1CCCN(CC(=O)N(CC)CC)C1. The average molecular weight is 285 g/mol. The predicted octanol–water partition coefficient (Wildman–Crippen LogP) is 1.07. The van der Waals surface area contributed by atoms with Crippen molar-refractivity contribution in [1.82, 2.24) is 15.1 Å². The molecule has 0 aliphatic carbocycles. The molecule has 0 radical (unpaired) electrons. The lowest BCUT2D eigenvalue weighted by molar-refractivity contribution is -0.132. The highest BCUT2D eigenvalue weighted by Gasteiger charge is 2.24. The zero-order valence-corrected chi connectivity index (χ0v) is 12.9. The minimum Gasteiger partial charge on any atom is -0.450 e. The Morgan fingerprint density at radius 3 is 2.60 bits per heavy atom. The first-order valence-electron chi connectivity index (χ1n) is 7.54. The van der Waals surface area contributed by atoms with Crippen LogP contribution in [0.3, 0.4) is 0 Å². The van der Waals surface area contributed by atoms with Crippen LogP contribution in [-0.2, 0) is 9.53 Å². The number of ether oxygens (including phenoxy) is 1. The van der Waals surface area contributed by atoms with Crippen molar-refractivity contribution in [3.05, 3.63) is 0 Å². The van der Waals surface area contributed by atoms with E-state index in [-0.39, 0.29) is 18.0 Å². The van der Waals surface area contributed by atoms with Gasteiger partial charge in [-0.1, -0.05) is 0 Å². The quantitative estimate of drug-likeness (QED) is 0.793. The molecule has 1 unspecified atom stereocenters. The van der Waals surface area contributed by atoms with E-state index in [1.165, 1.54) is 0 Å². The van der Waals surface area contributed by atoms with Gasteiger partial charge >= 0.3 is 6.09 Å². The molecule has 0 aromatic rings. The molecule has 1 aliphatic heterocycles. The van der Waals surface area contributed by atoms with Crippen molar-refractivity contribution in [2.45, 2.75) is 39.7 Å². The third kappa shape index (κ3) is 5.36. The molecule has 1 fully saturated rings. The second kappa shape index (κ2) is 8.79. The van der Waals surface area contributed by atoms with Crippen LogP contribution in [0.5, 0.6) is 0 Å². The molecule has 2 amide bonds.